The van der Waals surface area contributed by atoms with Gasteiger partial charge in [0, 0.05) is 17.6 Å². The van der Waals surface area contributed by atoms with Crippen LogP contribution in [-0.4, -0.2) is 17.8 Å². The van der Waals surface area contributed by atoms with Crippen molar-refractivity contribution in [3.8, 4) is 0 Å². The Labute approximate surface area is 138 Å². The fourth-order valence-electron chi connectivity index (χ4n) is 3.38. The number of benzene rings is 2. The van der Waals surface area contributed by atoms with E-state index in [-0.39, 0.29) is 11.7 Å². The van der Waals surface area contributed by atoms with E-state index in [9.17, 15) is 9.18 Å². The first kappa shape index (κ1) is 15.2. The Morgan fingerprint density at radius 1 is 1.18 bits per heavy atom. The second-order valence-corrected chi connectivity index (χ2v) is 6.21. The number of alkyl halides is 1. The van der Waals surface area contributed by atoms with Crippen molar-refractivity contribution in [1.82, 2.24) is 0 Å². The van der Waals surface area contributed by atoms with Gasteiger partial charge in [-0.15, -0.1) is 0 Å². The van der Waals surface area contributed by atoms with Crippen LogP contribution in [0.5, 0.6) is 0 Å². The molecule has 22 heavy (non-hydrogen) atoms. The van der Waals surface area contributed by atoms with Crippen molar-refractivity contribution in [2.75, 3.05) is 16.8 Å². The fourth-order valence-corrected chi connectivity index (χ4v) is 3.98. The van der Waals surface area contributed by atoms with Crippen LogP contribution in [0.2, 0.25) is 0 Å². The van der Waals surface area contributed by atoms with Crippen LogP contribution in [0.4, 0.5) is 10.1 Å². The van der Waals surface area contributed by atoms with Crippen LogP contribution in [-0.2, 0) is 10.2 Å². The number of likely N-dealkylation sites (N-methyl/N-ethyl adjacent to an activating group) is 1. The first-order valence-corrected chi connectivity index (χ1v) is 8.50. The maximum absolute atomic E-state index is 13.9. The van der Waals surface area contributed by atoms with Gasteiger partial charge in [-0.1, -0.05) is 46.3 Å². The van der Waals surface area contributed by atoms with Crippen molar-refractivity contribution in [2.24, 2.45) is 0 Å². The Morgan fingerprint density at radius 2 is 1.91 bits per heavy atom. The number of rotatable bonds is 4. The van der Waals surface area contributed by atoms with E-state index in [4.69, 9.17) is 0 Å². The lowest BCUT2D eigenvalue weighted by atomic mass is 9.73. The number of amides is 1. The zero-order valence-electron chi connectivity index (χ0n) is 12.4. The number of hydrogen-bond acceptors (Lipinski definition) is 1. The molecule has 3 rings (SSSR count). The van der Waals surface area contributed by atoms with Crippen molar-refractivity contribution in [1.29, 1.82) is 0 Å². The van der Waals surface area contributed by atoms with Gasteiger partial charge < -0.3 is 4.90 Å². The maximum atomic E-state index is 13.9. The lowest BCUT2D eigenvalue weighted by molar-refractivity contribution is -0.121. The Morgan fingerprint density at radius 3 is 2.55 bits per heavy atom. The summed E-state index contributed by atoms with van der Waals surface area (Å²) in [6, 6.07) is 14.3. The summed E-state index contributed by atoms with van der Waals surface area (Å²) in [5.41, 5.74) is 1.70. The number of fused-ring (bicyclic) bond motifs is 1. The van der Waals surface area contributed by atoms with Gasteiger partial charge in [0.2, 0.25) is 5.91 Å². The smallest absolute Gasteiger partial charge is 0.242 e. The first-order chi connectivity index (χ1) is 10.6. The molecule has 0 radical (unpaired) electrons. The highest BCUT2D eigenvalue weighted by Gasteiger charge is 2.51. The Kier molecular flexibility index (Phi) is 4.04. The van der Waals surface area contributed by atoms with Crippen LogP contribution in [0.1, 0.15) is 24.5 Å². The molecule has 1 amide bonds. The molecule has 0 aliphatic carbocycles. The largest absolute Gasteiger partial charge is 0.311 e. The van der Waals surface area contributed by atoms with E-state index in [1.807, 2.05) is 37.3 Å². The lowest BCUT2D eigenvalue weighted by Gasteiger charge is -2.28. The summed E-state index contributed by atoms with van der Waals surface area (Å²) < 4.78 is 13.9. The van der Waals surface area contributed by atoms with Gasteiger partial charge in [-0.2, -0.15) is 0 Å². The predicted octanol–water partition coefficient (Wildman–Crippen LogP) is 4.26. The number of carbonyl (C=O) groups excluding carboxylic acids is 1. The SMILES string of the molecule is CCN1C(=O)C(CCBr)(c2ccccc2)c2cc(F)ccc21. The van der Waals surface area contributed by atoms with Crippen molar-refractivity contribution in [2.45, 2.75) is 18.8 Å². The molecule has 114 valence electrons. The summed E-state index contributed by atoms with van der Waals surface area (Å²) in [7, 11) is 0. The van der Waals surface area contributed by atoms with E-state index in [0.717, 1.165) is 16.8 Å². The highest BCUT2D eigenvalue weighted by molar-refractivity contribution is 9.09. The third-order valence-electron chi connectivity index (χ3n) is 4.37. The minimum Gasteiger partial charge on any atom is -0.311 e. The van der Waals surface area contributed by atoms with E-state index in [1.165, 1.54) is 12.1 Å². The molecule has 1 unspecified atom stereocenters. The summed E-state index contributed by atoms with van der Waals surface area (Å²) in [6.45, 7) is 2.52. The number of nitrogens with zero attached hydrogens (tertiary/aromatic N) is 1. The Hall–Kier alpha value is -1.68. The van der Waals surface area contributed by atoms with E-state index in [1.54, 1.807) is 11.0 Å². The minimum atomic E-state index is -0.807. The number of hydrogen-bond donors (Lipinski definition) is 0. The zero-order valence-corrected chi connectivity index (χ0v) is 13.9. The average Bonchev–Trinajstić information content (AvgIpc) is 2.77. The van der Waals surface area contributed by atoms with Crippen molar-refractivity contribution in [3.05, 3.63) is 65.5 Å². The zero-order chi connectivity index (χ0) is 15.7. The second-order valence-electron chi connectivity index (χ2n) is 5.42. The van der Waals surface area contributed by atoms with Gasteiger partial charge >= 0.3 is 0 Å². The molecular weight excluding hydrogens is 345 g/mol. The molecule has 0 spiro atoms. The standard InChI is InChI=1S/C18H17BrFNO/c1-2-21-16-9-8-14(20)12-15(16)18(10-11-19,17(21)22)13-6-4-3-5-7-13/h3-9,12H,2,10-11H2,1H3. The number of halogens is 2. The van der Waals surface area contributed by atoms with Gasteiger partial charge in [0.15, 0.2) is 0 Å². The van der Waals surface area contributed by atoms with Crippen LogP contribution in [0, 0.1) is 5.82 Å². The van der Waals surface area contributed by atoms with E-state index in [0.29, 0.717) is 18.3 Å². The van der Waals surface area contributed by atoms with Crippen molar-refractivity contribution in [3.63, 3.8) is 0 Å². The monoisotopic (exact) mass is 361 g/mol. The van der Waals surface area contributed by atoms with Crippen LogP contribution >= 0.6 is 15.9 Å². The molecule has 0 saturated heterocycles. The third kappa shape index (κ3) is 2.09. The predicted molar refractivity (Wildman–Crippen MR) is 90.1 cm³/mol. The highest BCUT2D eigenvalue weighted by atomic mass is 79.9. The quantitative estimate of drug-likeness (QED) is 0.745. The average molecular weight is 362 g/mol. The van der Waals surface area contributed by atoms with Crippen molar-refractivity contribution < 1.29 is 9.18 Å². The molecule has 0 saturated carbocycles. The molecule has 0 aromatic heterocycles. The van der Waals surface area contributed by atoms with E-state index < -0.39 is 5.41 Å². The van der Waals surface area contributed by atoms with Gasteiger partial charge in [0.05, 0.1) is 0 Å². The second kappa shape index (κ2) is 5.84. The molecule has 1 heterocycles. The molecule has 4 heteroatoms. The first-order valence-electron chi connectivity index (χ1n) is 7.38. The molecule has 0 fully saturated rings. The minimum absolute atomic E-state index is 0.0289. The third-order valence-corrected chi connectivity index (χ3v) is 4.77. The van der Waals surface area contributed by atoms with Gasteiger partial charge in [-0.05, 0) is 42.7 Å². The molecular formula is C18H17BrFNO. The lowest BCUT2D eigenvalue weighted by Crippen LogP contribution is -2.41. The van der Waals surface area contributed by atoms with Gasteiger partial charge in [0.25, 0.3) is 0 Å². The number of carbonyl (C=O) groups is 1. The van der Waals surface area contributed by atoms with E-state index >= 15 is 0 Å². The highest BCUT2D eigenvalue weighted by Crippen LogP contribution is 2.48. The summed E-state index contributed by atoms with van der Waals surface area (Å²) in [6.07, 6.45) is 0.600. The summed E-state index contributed by atoms with van der Waals surface area (Å²) in [5.74, 6) is -0.277. The number of anilines is 1. The topological polar surface area (TPSA) is 20.3 Å². The van der Waals surface area contributed by atoms with Crippen LogP contribution in [0.25, 0.3) is 0 Å². The van der Waals surface area contributed by atoms with Crippen LogP contribution < -0.4 is 4.90 Å². The van der Waals surface area contributed by atoms with Crippen LogP contribution in [0.15, 0.2) is 48.5 Å². The molecule has 1 atom stereocenters. The molecule has 0 bridgehead atoms. The molecule has 1 aliphatic heterocycles. The normalized spacial score (nSPS) is 20.3. The maximum Gasteiger partial charge on any atom is 0.242 e. The molecule has 0 N–H and O–H groups in total. The Bertz CT molecular complexity index is 703. The summed E-state index contributed by atoms with van der Waals surface area (Å²) >= 11 is 3.47. The fraction of sp³-hybridized carbons (Fsp3) is 0.278. The Balaban J connectivity index is 2.31. The summed E-state index contributed by atoms with van der Waals surface area (Å²) in [5, 5.41) is 0.668. The molecule has 2 aromatic carbocycles. The van der Waals surface area contributed by atoms with Gasteiger partial charge in [-0.3, -0.25) is 4.79 Å². The molecule has 2 nitrogen and oxygen atoms in total. The molecule has 1 aliphatic rings. The van der Waals surface area contributed by atoms with Crippen molar-refractivity contribution >= 4 is 27.5 Å². The summed E-state index contributed by atoms with van der Waals surface area (Å²) in [4.78, 5) is 15.0. The van der Waals surface area contributed by atoms with Crippen LogP contribution in [0.3, 0.4) is 0 Å². The molecule has 2 aromatic rings. The van der Waals surface area contributed by atoms with E-state index in [2.05, 4.69) is 15.9 Å². The van der Waals surface area contributed by atoms with Gasteiger partial charge in [-0.25, -0.2) is 4.39 Å². The van der Waals surface area contributed by atoms with Gasteiger partial charge in [0.1, 0.15) is 11.2 Å².